The molecule has 2 fully saturated rings. The average molecular weight is 449 g/mol. The summed E-state index contributed by atoms with van der Waals surface area (Å²) in [5, 5.41) is 4.85. The molecule has 8 heteroatoms. The molecule has 1 aromatic carbocycles. The Hall–Kier alpha value is -3.13. The summed E-state index contributed by atoms with van der Waals surface area (Å²) in [6.45, 7) is 6.48. The second kappa shape index (κ2) is 8.67. The molecule has 0 aliphatic carbocycles. The number of likely N-dealkylation sites (tertiary alicyclic amines) is 1. The number of carbonyl (C=O) groups excluding carboxylic acids is 1. The van der Waals surface area contributed by atoms with Crippen LogP contribution in [0.4, 0.5) is 5.82 Å². The number of fused-ring (bicyclic) bond motifs is 1. The Labute approximate surface area is 194 Å². The van der Waals surface area contributed by atoms with Gasteiger partial charge in [0.2, 0.25) is 0 Å². The van der Waals surface area contributed by atoms with E-state index in [0.717, 1.165) is 79.4 Å². The van der Waals surface area contributed by atoms with Gasteiger partial charge < -0.3 is 20.3 Å². The van der Waals surface area contributed by atoms with Crippen LogP contribution in [0.5, 0.6) is 5.75 Å². The van der Waals surface area contributed by atoms with Crippen molar-refractivity contribution in [2.24, 2.45) is 5.73 Å². The first-order valence-corrected chi connectivity index (χ1v) is 11.8. The Morgan fingerprint density at radius 1 is 1.18 bits per heavy atom. The van der Waals surface area contributed by atoms with E-state index < -0.39 is 0 Å². The molecule has 2 atom stereocenters. The van der Waals surface area contributed by atoms with E-state index in [4.69, 9.17) is 20.6 Å². The molecule has 2 aliphatic heterocycles. The second-order valence-electron chi connectivity index (χ2n) is 9.26. The van der Waals surface area contributed by atoms with E-state index in [9.17, 15) is 4.79 Å². The summed E-state index contributed by atoms with van der Waals surface area (Å²) in [5.41, 5.74) is 10.5. The summed E-state index contributed by atoms with van der Waals surface area (Å²) >= 11 is 0. The molecule has 2 saturated heterocycles. The number of hydrogen-bond donors (Lipinski definition) is 1. The lowest BCUT2D eigenvalue weighted by Crippen LogP contribution is -2.39. The third-order valence-electron chi connectivity index (χ3n) is 6.99. The summed E-state index contributed by atoms with van der Waals surface area (Å²) in [6, 6.07) is 7.82. The fourth-order valence-corrected chi connectivity index (χ4v) is 5.19. The predicted octanol–water partition coefficient (Wildman–Crippen LogP) is 3.26. The number of nitrogens with zero attached hydrogens (tertiary/aromatic N) is 5. The highest BCUT2D eigenvalue weighted by atomic mass is 16.5. The van der Waals surface area contributed by atoms with E-state index in [2.05, 4.69) is 11.8 Å². The molecule has 1 amide bonds. The number of rotatable bonds is 4. The van der Waals surface area contributed by atoms with Gasteiger partial charge in [-0.15, -0.1) is 0 Å². The third kappa shape index (κ3) is 3.93. The zero-order valence-corrected chi connectivity index (χ0v) is 19.6. The molecule has 0 bridgehead atoms. The first kappa shape index (κ1) is 21.7. The topological polar surface area (TPSA) is 89.0 Å². The van der Waals surface area contributed by atoms with Gasteiger partial charge in [0.15, 0.2) is 5.65 Å². The lowest BCUT2D eigenvalue weighted by Gasteiger charge is -2.35. The number of ether oxygens (including phenoxy) is 1. The number of anilines is 1. The van der Waals surface area contributed by atoms with Crippen molar-refractivity contribution in [3.63, 3.8) is 0 Å². The highest BCUT2D eigenvalue weighted by molar-refractivity contribution is 5.96. The molecule has 0 radical (unpaired) electrons. The average Bonchev–Trinajstić information content (AvgIpc) is 3.44. The van der Waals surface area contributed by atoms with Crippen LogP contribution in [0, 0.1) is 13.8 Å². The summed E-state index contributed by atoms with van der Waals surface area (Å²) in [7, 11) is 1.63. The number of piperidine rings is 1. The van der Waals surface area contributed by atoms with E-state index in [1.54, 1.807) is 7.11 Å². The molecule has 2 unspecified atom stereocenters. The van der Waals surface area contributed by atoms with Crippen molar-refractivity contribution in [3.05, 3.63) is 52.8 Å². The Morgan fingerprint density at radius 3 is 2.79 bits per heavy atom. The maximum Gasteiger partial charge on any atom is 0.254 e. The van der Waals surface area contributed by atoms with Crippen LogP contribution in [0.15, 0.2) is 30.5 Å². The SMILES string of the molecule is COc1cccc(C(=O)N2CCCCC2c2cc3nc(N4CCC(N)C4)c(C)cn3n2)c1C. The van der Waals surface area contributed by atoms with Gasteiger partial charge in [-0.05, 0) is 51.7 Å². The summed E-state index contributed by atoms with van der Waals surface area (Å²) in [5.74, 6) is 1.74. The van der Waals surface area contributed by atoms with Crippen molar-refractivity contribution in [1.82, 2.24) is 19.5 Å². The minimum absolute atomic E-state index is 0.0315. The number of aromatic nitrogens is 3. The Bertz CT molecular complexity index is 1190. The molecular weight excluding hydrogens is 416 g/mol. The molecule has 0 saturated carbocycles. The number of hydrogen-bond acceptors (Lipinski definition) is 6. The van der Waals surface area contributed by atoms with Crippen LogP contribution in [0.2, 0.25) is 0 Å². The smallest absolute Gasteiger partial charge is 0.254 e. The minimum Gasteiger partial charge on any atom is -0.496 e. The standard InChI is InChI=1S/C25H32N6O2/c1-16-14-31-23(27-24(16)29-12-10-18(26)15-29)13-20(28-31)21-8-4-5-11-30(21)25(32)19-7-6-9-22(33-3)17(19)2/h6-7,9,13-14,18,21H,4-5,8,10-12,15,26H2,1-3H3. The summed E-state index contributed by atoms with van der Waals surface area (Å²) < 4.78 is 7.28. The van der Waals surface area contributed by atoms with Crippen molar-refractivity contribution >= 4 is 17.4 Å². The number of aryl methyl sites for hydroxylation is 1. The molecule has 4 heterocycles. The van der Waals surface area contributed by atoms with E-state index in [0.29, 0.717) is 5.56 Å². The number of methoxy groups -OCH3 is 1. The number of carbonyl (C=O) groups is 1. The molecule has 8 nitrogen and oxygen atoms in total. The van der Waals surface area contributed by atoms with Crippen LogP contribution in [-0.2, 0) is 0 Å². The van der Waals surface area contributed by atoms with Crippen LogP contribution in [0.1, 0.15) is 58.9 Å². The minimum atomic E-state index is -0.0671. The first-order chi connectivity index (χ1) is 16.0. The van der Waals surface area contributed by atoms with E-state index >= 15 is 0 Å². The highest BCUT2D eigenvalue weighted by Crippen LogP contribution is 2.34. The number of nitrogens with two attached hydrogens (primary N) is 1. The molecule has 2 N–H and O–H groups in total. The molecule has 3 aromatic rings. The fourth-order valence-electron chi connectivity index (χ4n) is 5.19. The second-order valence-corrected chi connectivity index (χ2v) is 9.26. The van der Waals surface area contributed by atoms with Crippen molar-refractivity contribution in [2.75, 3.05) is 31.6 Å². The van der Waals surface area contributed by atoms with Gasteiger partial charge in [0.1, 0.15) is 11.6 Å². The monoisotopic (exact) mass is 448 g/mol. The molecule has 5 rings (SSSR count). The number of benzene rings is 1. The van der Waals surface area contributed by atoms with Gasteiger partial charge in [-0.25, -0.2) is 9.50 Å². The van der Waals surface area contributed by atoms with Crippen LogP contribution < -0.4 is 15.4 Å². The first-order valence-electron chi connectivity index (χ1n) is 11.8. The molecular formula is C25H32N6O2. The van der Waals surface area contributed by atoms with Crippen LogP contribution >= 0.6 is 0 Å². The van der Waals surface area contributed by atoms with Gasteiger partial charge in [0, 0.05) is 54.6 Å². The predicted molar refractivity (Wildman–Crippen MR) is 128 cm³/mol. The zero-order chi connectivity index (χ0) is 23.1. The zero-order valence-electron chi connectivity index (χ0n) is 19.6. The number of amides is 1. The molecule has 2 aromatic heterocycles. The van der Waals surface area contributed by atoms with Gasteiger partial charge in [-0.3, -0.25) is 4.79 Å². The van der Waals surface area contributed by atoms with Gasteiger partial charge >= 0.3 is 0 Å². The molecule has 2 aliphatic rings. The quantitative estimate of drug-likeness (QED) is 0.659. The van der Waals surface area contributed by atoms with Crippen LogP contribution in [0.25, 0.3) is 5.65 Å². The van der Waals surface area contributed by atoms with Crippen LogP contribution in [-0.4, -0.2) is 58.2 Å². The molecule has 0 spiro atoms. The highest BCUT2D eigenvalue weighted by Gasteiger charge is 2.32. The largest absolute Gasteiger partial charge is 0.496 e. The van der Waals surface area contributed by atoms with E-state index in [1.165, 1.54) is 0 Å². The molecule has 174 valence electrons. The maximum atomic E-state index is 13.6. The van der Waals surface area contributed by atoms with Crippen molar-refractivity contribution < 1.29 is 9.53 Å². The van der Waals surface area contributed by atoms with Gasteiger partial charge in [0.25, 0.3) is 5.91 Å². The lowest BCUT2D eigenvalue weighted by atomic mass is 9.97. The van der Waals surface area contributed by atoms with Gasteiger partial charge in [-0.2, -0.15) is 5.10 Å². The van der Waals surface area contributed by atoms with E-state index in [-0.39, 0.29) is 18.0 Å². The van der Waals surface area contributed by atoms with Crippen molar-refractivity contribution in [3.8, 4) is 5.75 Å². The lowest BCUT2D eigenvalue weighted by molar-refractivity contribution is 0.0604. The summed E-state index contributed by atoms with van der Waals surface area (Å²) in [4.78, 5) is 22.8. The van der Waals surface area contributed by atoms with Crippen molar-refractivity contribution in [2.45, 2.75) is 51.6 Å². The normalized spacial score (nSPS) is 21.1. The Morgan fingerprint density at radius 2 is 2.03 bits per heavy atom. The van der Waals surface area contributed by atoms with Gasteiger partial charge in [-0.1, -0.05) is 6.07 Å². The van der Waals surface area contributed by atoms with Crippen LogP contribution in [0.3, 0.4) is 0 Å². The fraction of sp³-hybridized carbons (Fsp3) is 0.480. The van der Waals surface area contributed by atoms with E-state index in [1.807, 2.05) is 46.8 Å². The van der Waals surface area contributed by atoms with Gasteiger partial charge in [0.05, 0.1) is 18.8 Å². The molecule has 33 heavy (non-hydrogen) atoms. The Balaban J connectivity index is 1.48. The summed E-state index contributed by atoms with van der Waals surface area (Å²) in [6.07, 6.45) is 5.98. The maximum absolute atomic E-state index is 13.6. The van der Waals surface area contributed by atoms with Crippen molar-refractivity contribution in [1.29, 1.82) is 0 Å². The Kier molecular flexibility index (Phi) is 5.70. The third-order valence-corrected chi connectivity index (χ3v) is 6.99.